The summed E-state index contributed by atoms with van der Waals surface area (Å²) in [7, 11) is 3.77. The van der Waals surface area contributed by atoms with E-state index >= 15 is 0 Å². The Morgan fingerprint density at radius 3 is 2.58 bits per heavy atom. The first-order chi connectivity index (χ1) is 12.5. The number of piperazine rings is 1. The highest BCUT2D eigenvalue weighted by molar-refractivity contribution is 5.94. The Kier molecular flexibility index (Phi) is 5.78. The van der Waals surface area contributed by atoms with Crippen molar-refractivity contribution in [2.24, 2.45) is 0 Å². The number of rotatable bonds is 5. The summed E-state index contributed by atoms with van der Waals surface area (Å²) >= 11 is 0. The maximum atomic E-state index is 12.5. The number of carbonyl (C=O) groups is 1. The van der Waals surface area contributed by atoms with E-state index in [1.807, 2.05) is 43.3 Å². The van der Waals surface area contributed by atoms with Gasteiger partial charge in [-0.25, -0.2) is 0 Å². The summed E-state index contributed by atoms with van der Waals surface area (Å²) in [5.41, 5.74) is 4.01. The van der Waals surface area contributed by atoms with Gasteiger partial charge in [0.1, 0.15) is 5.75 Å². The number of hydrogen-bond acceptors (Lipinski definition) is 4. The van der Waals surface area contributed by atoms with E-state index in [0.29, 0.717) is 12.2 Å². The minimum atomic E-state index is -0.0376. The van der Waals surface area contributed by atoms with E-state index < -0.39 is 0 Å². The second-order valence-electron chi connectivity index (χ2n) is 6.89. The zero-order valence-electron chi connectivity index (χ0n) is 15.8. The summed E-state index contributed by atoms with van der Waals surface area (Å²) in [5, 5.41) is 3.02. The molecule has 0 saturated carbocycles. The lowest BCUT2D eigenvalue weighted by Crippen LogP contribution is -2.44. The van der Waals surface area contributed by atoms with Gasteiger partial charge in [0.15, 0.2) is 0 Å². The lowest BCUT2D eigenvalue weighted by molar-refractivity contribution is -0.115. The van der Waals surface area contributed by atoms with Crippen LogP contribution in [0, 0.1) is 6.92 Å². The average Bonchev–Trinajstić information content (AvgIpc) is 2.62. The third-order valence-electron chi connectivity index (χ3n) is 4.77. The van der Waals surface area contributed by atoms with E-state index in [9.17, 15) is 4.79 Å². The summed E-state index contributed by atoms with van der Waals surface area (Å²) in [6.07, 6.45) is 0.351. The molecule has 0 radical (unpaired) electrons. The third kappa shape index (κ3) is 4.55. The molecule has 5 nitrogen and oxygen atoms in total. The summed E-state index contributed by atoms with van der Waals surface area (Å²) < 4.78 is 5.43. The van der Waals surface area contributed by atoms with Gasteiger partial charge < -0.3 is 19.9 Å². The largest absolute Gasteiger partial charge is 0.495 e. The SMILES string of the molecule is COc1ccc(N2CCN(C)CC2)cc1NC(=O)Cc1cccc(C)c1. The molecule has 1 amide bonds. The molecule has 0 spiro atoms. The first kappa shape index (κ1) is 18.3. The van der Waals surface area contributed by atoms with Crippen LogP contribution < -0.4 is 15.0 Å². The molecular formula is C21H27N3O2. The summed E-state index contributed by atoms with van der Waals surface area (Å²) in [4.78, 5) is 17.2. The van der Waals surface area contributed by atoms with Gasteiger partial charge in [-0.15, -0.1) is 0 Å². The molecule has 1 saturated heterocycles. The Hall–Kier alpha value is -2.53. The van der Waals surface area contributed by atoms with Crippen LogP contribution in [0.5, 0.6) is 5.75 Å². The van der Waals surface area contributed by atoms with Crippen LogP contribution in [-0.4, -0.2) is 51.1 Å². The van der Waals surface area contributed by atoms with Crippen molar-refractivity contribution in [1.29, 1.82) is 0 Å². The van der Waals surface area contributed by atoms with E-state index in [1.54, 1.807) is 7.11 Å². The fourth-order valence-corrected chi connectivity index (χ4v) is 3.26. The van der Waals surface area contributed by atoms with Crippen LogP contribution in [0.2, 0.25) is 0 Å². The van der Waals surface area contributed by atoms with Gasteiger partial charge in [-0.3, -0.25) is 4.79 Å². The molecule has 1 heterocycles. The molecule has 3 rings (SSSR count). The molecule has 138 valence electrons. The van der Waals surface area contributed by atoms with Gasteiger partial charge in [0.05, 0.1) is 19.2 Å². The standard InChI is InChI=1S/C21H27N3O2/c1-16-5-4-6-17(13-16)14-21(25)22-19-15-18(7-8-20(19)26-3)24-11-9-23(2)10-12-24/h4-8,13,15H,9-12,14H2,1-3H3,(H,22,25). The van der Waals surface area contributed by atoms with Gasteiger partial charge in [-0.1, -0.05) is 29.8 Å². The molecule has 0 aliphatic carbocycles. The van der Waals surface area contributed by atoms with Crippen LogP contribution in [0.3, 0.4) is 0 Å². The Bertz CT molecular complexity index is 768. The van der Waals surface area contributed by atoms with Crippen LogP contribution in [0.25, 0.3) is 0 Å². The van der Waals surface area contributed by atoms with Gasteiger partial charge in [0.2, 0.25) is 5.91 Å². The first-order valence-electron chi connectivity index (χ1n) is 9.02. The van der Waals surface area contributed by atoms with E-state index in [0.717, 1.165) is 48.7 Å². The molecule has 0 atom stereocenters. The number of methoxy groups -OCH3 is 1. The number of hydrogen-bond donors (Lipinski definition) is 1. The van der Waals surface area contributed by atoms with E-state index in [4.69, 9.17) is 4.74 Å². The molecule has 0 bridgehead atoms. The lowest BCUT2D eigenvalue weighted by Gasteiger charge is -2.34. The molecular weight excluding hydrogens is 326 g/mol. The molecule has 26 heavy (non-hydrogen) atoms. The normalized spacial score (nSPS) is 15.0. The Balaban J connectivity index is 1.73. The highest BCUT2D eigenvalue weighted by atomic mass is 16.5. The van der Waals surface area contributed by atoms with Crippen LogP contribution in [-0.2, 0) is 11.2 Å². The smallest absolute Gasteiger partial charge is 0.228 e. The average molecular weight is 353 g/mol. The molecule has 1 aliphatic rings. The quantitative estimate of drug-likeness (QED) is 0.898. The number of anilines is 2. The molecule has 2 aromatic rings. The summed E-state index contributed by atoms with van der Waals surface area (Å²) in [6, 6.07) is 14.0. The van der Waals surface area contributed by atoms with Crippen molar-refractivity contribution in [3.8, 4) is 5.75 Å². The number of amides is 1. The Labute approximate surface area is 155 Å². The maximum absolute atomic E-state index is 12.5. The van der Waals surface area contributed by atoms with Crippen LogP contribution in [0.15, 0.2) is 42.5 Å². The van der Waals surface area contributed by atoms with Crippen molar-refractivity contribution in [1.82, 2.24) is 4.90 Å². The highest BCUT2D eigenvalue weighted by Gasteiger charge is 2.16. The number of aryl methyl sites for hydroxylation is 1. The number of nitrogens with zero attached hydrogens (tertiary/aromatic N) is 2. The molecule has 5 heteroatoms. The van der Waals surface area contributed by atoms with Crippen molar-refractivity contribution in [2.75, 3.05) is 50.6 Å². The zero-order valence-corrected chi connectivity index (χ0v) is 15.8. The van der Waals surface area contributed by atoms with Crippen molar-refractivity contribution >= 4 is 17.3 Å². The van der Waals surface area contributed by atoms with Crippen molar-refractivity contribution in [3.63, 3.8) is 0 Å². The van der Waals surface area contributed by atoms with Gasteiger partial charge in [-0.2, -0.15) is 0 Å². The van der Waals surface area contributed by atoms with Crippen LogP contribution >= 0.6 is 0 Å². The van der Waals surface area contributed by atoms with Crippen LogP contribution in [0.1, 0.15) is 11.1 Å². The summed E-state index contributed by atoms with van der Waals surface area (Å²) in [6.45, 7) is 6.09. The van der Waals surface area contributed by atoms with Gasteiger partial charge >= 0.3 is 0 Å². The number of benzene rings is 2. The Morgan fingerprint density at radius 2 is 1.88 bits per heavy atom. The number of carbonyl (C=O) groups excluding carboxylic acids is 1. The minimum Gasteiger partial charge on any atom is -0.495 e. The highest BCUT2D eigenvalue weighted by Crippen LogP contribution is 2.30. The fourth-order valence-electron chi connectivity index (χ4n) is 3.26. The predicted molar refractivity (Wildman–Crippen MR) is 106 cm³/mol. The second-order valence-corrected chi connectivity index (χ2v) is 6.89. The molecule has 1 fully saturated rings. The maximum Gasteiger partial charge on any atom is 0.228 e. The fraction of sp³-hybridized carbons (Fsp3) is 0.381. The number of ether oxygens (including phenoxy) is 1. The first-order valence-corrected chi connectivity index (χ1v) is 9.02. The van der Waals surface area contributed by atoms with Gasteiger partial charge in [-0.05, 0) is 37.7 Å². The zero-order chi connectivity index (χ0) is 18.5. The lowest BCUT2D eigenvalue weighted by atomic mass is 10.1. The van der Waals surface area contributed by atoms with Crippen molar-refractivity contribution in [3.05, 3.63) is 53.6 Å². The third-order valence-corrected chi connectivity index (χ3v) is 4.77. The monoisotopic (exact) mass is 353 g/mol. The number of nitrogens with one attached hydrogen (secondary N) is 1. The topological polar surface area (TPSA) is 44.8 Å². The summed E-state index contributed by atoms with van der Waals surface area (Å²) in [5.74, 6) is 0.643. The van der Waals surface area contributed by atoms with Crippen molar-refractivity contribution < 1.29 is 9.53 Å². The van der Waals surface area contributed by atoms with E-state index in [-0.39, 0.29) is 5.91 Å². The number of likely N-dealkylation sites (N-methyl/N-ethyl adjacent to an activating group) is 1. The molecule has 1 N–H and O–H groups in total. The van der Waals surface area contributed by atoms with Gasteiger partial charge in [0.25, 0.3) is 0 Å². The second kappa shape index (κ2) is 8.23. The van der Waals surface area contributed by atoms with Crippen molar-refractivity contribution in [2.45, 2.75) is 13.3 Å². The Morgan fingerprint density at radius 1 is 1.12 bits per heavy atom. The van der Waals surface area contributed by atoms with Crippen LogP contribution in [0.4, 0.5) is 11.4 Å². The molecule has 0 aromatic heterocycles. The van der Waals surface area contributed by atoms with E-state index in [1.165, 1.54) is 0 Å². The minimum absolute atomic E-state index is 0.0376. The predicted octanol–water partition coefficient (Wildman–Crippen LogP) is 2.94. The molecule has 2 aromatic carbocycles. The molecule has 0 unspecified atom stereocenters. The molecule has 1 aliphatic heterocycles. The van der Waals surface area contributed by atoms with E-state index in [2.05, 4.69) is 28.2 Å². The van der Waals surface area contributed by atoms with Gasteiger partial charge in [0, 0.05) is 31.9 Å².